The van der Waals surface area contributed by atoms with Crippen LogP contribution >= 0.6 is 0 Å². The SMILES string of the molecule is CC(C)C(CN)CN1CCN2CCCC2C1. The Kier molecular flexibility index (Phi) is 4.22. The van der Waals surface area contributed by atoms with Crippen molar-refractivity contribution in [2.45, 2.75) is 32.7 Å². The average molecular weight is 225 g/mol. The van der Waals surface area contributed by atoms with Crippen LogP contribution in [-0.4, -0.2) is 55.1 Å². The zero-order valence-electron chi connectivity index (χ0n) is 10.9. The molecule has 2 atom stereocenters. The van der Waals surface area contributed by atoms with E-state index in [0.717, 1.165) is 12.6 Å². The van der Waals surface area contributed by atoms with Crippen LogP contribution in [0.5, 0.6) is 0 Å². The van der Waals surface area contributed by atoms with Gasteiger partial charge in [-0.2, -0.15) is 0 Å². The van der Waals surface area contributed by atoms with Gasteiger partial charge in [0.05, 0.1) is 0 Å². The molecule has 0 aromatic rings. The number of hydrogen-bond donors (Lipinski definition) is 1. The monoisotopic (exact) mass is 225 g/mol. The van der Waals surface area contributed by atoms with Gasteiger partial charge in [0.2, 0.25) is 0 Å². The minimum atomic E-state index is 0.674. The third kappa shape index (κ3) is 2.76. The van der Waals surface area contributed by atoms with Crippen LogP contribution in [0, 0.1) is 11.8 Å². The molecule has 0 spiro atoms. The summed E-state index contributed by atoms with van der Waals surface area (Å²) in [6, 6.07) is 0.847. The summed E-state index contributed by atoms with van der Waals surface area (Å²) in [5, 5.41) is 0. The van der Waals surface area contributed by atoms with Gasteiger partial charge in [-0.05, 0) is 37.8 Å². The van der Waals surface area contributed by atoms with E-state index in [9.17, 15) is 0 Å². The Morgan fingerprint density at radius 2 is 2.06 bits per heavy atom. The quantitative estimate of drug-likeness (QED) is 0.775. The van der Waals surface area contributed by atoms with Crippen LogP contribution in [0.1, 0.15) is 26.7 Å². The van der Waals surface area contributed by atoms with Crippen LogP contribution in [0.3, 0.4) is 0 Å². The number of fused-ring (bicyclic) bond motifs is 1. The third-order valence-corrected chi connectivity index (χ3v) is 4.41. The molecule has 16 heavy (non-hydrogen) atoms. The smallest absolute Gasteiger partial charge is 0.0224 e. The van der Waals surface area contributed by atoms with Crippen LogP contribution in [0.4, 0.5) is 0 Å². The first kappa shape index (κ1) is 12.3. The molecule has 2 rings (SSSR count). The normalized spacial score (nSPS) is 29.6. The first-order chi connectivity index (χ1) is 7.70. The summed E-state index contributed by atoms with van der Waals surface area (Å²) in [7, 11) is 0. The summed E-state index contributed by atoms with van der Waals surface area (Å²) in [6.07, 6.45) is 2.81. The van der Waals surface area contributed by atoms with Crippen molar-refractivity contribution in [2.75, 3.05) is 39.3 Å². The van der Waals surface area contributed by atoms with E-state index in [1.165, 1.54) is 45.6 Å². The van der Waals surface area contributed by atoms with Crippen molar-refractivity contribution in [2.24, 2.45) is 17.6 Å². The molecule has 0 aliphatic carbocycles. The van der Waals surface area contributed by atoms with Crippen molar-refractivity contribution in [3.05, 3.63) is 0 Å². The fourth-order valence-electron chi connectivity index (χ4n) is 3.11. The van der Waals surface area contributed by atoms with Gasteiger partial charge in [-0.25, -0.2) is 0 Å². The maximum absolute atomic E-state index is 5.86. The zero-order chi connectivity index (χ0) is 11.5. The molecule has 0 radical (unpaired) electrons. The van der Waals surface area contributed by atoms with Crippen LogP contribution in [0.15, 0.2) is 0 Å². The van der Waals surface area contributed by atoms with Crippen molar-refractivity contribution in [1.29, 1.82) is 0 Å². The number of hydrogen-bond acceptors (Lipinski definition) is 3. The molecule has 2 fully saturated rings. The molecule has 2 unspecified atom stereocenters. The maximum Gasteiger partial charge on any atom is 0.0224 e. The third-order valence-electron chi connectivity index (χ3n) is 4.41. The first-order valence-electron chi connectivity index (χ1n) is 6.87. The second-order valence-corrected chi connectivity index (χ2v) is 5.83. The molecule has 2 N–H and O–H groups in total. The second-order valence-electron chi connectivity index (χ2n) is 5.83. The lowest BCUT2D eigenvalue weighted by molar-refractivity contribution is 0.0859. The fourth-order valence-corrected chi connectivity index (χ4v) is 3.11. The molecule has 0 amide bonds. The molecular formula is C13H27N3. The lowest BCUT2D eigenvalue weighted by Crippen LogP contribution is -2.52. The molecular weight excluding hydrogens is 198 g/mol. The molecule has 3 nitrogen and oxygen atoms in total. The summed E-state index contributed by atoms with van der Waals surface area (Å²) in [4.78, 5) is 5.31. The Hall–Kier alpha value is -0.120. The van der Waals surface area contributed by atoms with Crippen LogP contribution in [-0.2, 0) is 0 Å². The molecule has 2 aliphatic rings. The van der Waals surface area contributed by atoms with Gasteiger partial charge in [0, 0.05) is 32.2 Å². The van der Waals surface area contributed by atoms with E-state index in [1.54, 1.807) is 0 Å². The number of piperazine rings is 1. The van der Waals surface area contributed by atoms with Crippen LogP contribution < -0.4 is 5.73 Å². The summed E-state index contributed by atoms with van der Waals surface area (Å²) >= 11 is 0. The van der Waals surface area contributed by atoms with Crippen LogP contribution in [0.25, 0.3) is 0 Å². The van der Waals surface area contributed by atoms with Gasteiger partial charge in [0.25, 0.3) is 0 Å². The summed E-state index contributed by atoms with van der Waals surface area (Å²) in [6.45, 7) is 11.8. The number of nitrogens with two attached hydrogens (primary N) is 1. The van der Waals surface area contributed by atoms with E-state index in [1.807, 2.05) is 0 Å². The van der Waals surface area contributed by atoms with Crippen molar-refractivity contribution in [3.63, 3.8) is 0 Å². The van der Waals surface area contributed by atoms with E-state index in [4.69, 9.17) is 5.73 Å². The highest BCUT2D eigenvalue weighted by molar-refractivity contribution is 4.87. The van der Waals surface area contributed by atoms with E-state index >= 15 is 0 Å². The molecule has 2 saturated heterocycles. The first-order valence-corrected chi connectivity index (χ1v) is 6.87. The highest BCUT2D eigenvalue weighted by Crippen LogP contribution is 2.22. The van der Waals surface area contributed by atoms with E-state index in [2.05, 4.69) is 23.6 Å². The topological polar surface area (TPSA) is 32.5 Å². The summed E-state index contributed by atoms with van der Waals surface area (Å²) in [5.41, 5.74) is 5.86. The molecule has 3 heteroatoms. The Morgan fingerprint density at radius 1 is 1.25 bits per heavy atom. The zero-order valence-corrected chi connectivity index (χ0v) is 10.9. The molecule has 0 bridgehead atoms. The Bertz CT molecular complexity index is 217. The van der Waals surface area contributed by atoms with E-state index in [-0.39, 0.29) is 0 Å². The second kappa shape index (κ2) is 5.48. The highest BCUT2D eigenvalue weighted by atomic mass is 15.3. The summed E-state index contributed by atoms with van der Waals surface area (Å²) < 4.78 is 0. The van der Waals surface area contributed by atoms with Gasteiger partial charge < -0.3 is 10.6 Å². The average Bonchev–Trinajstić information content (AvgIpc) is 2.72. The van der Waals surface area contributed by atoms with E-state index in [0.29, 0.717) is 11.8 Å². The Labute approximate surface area is 100.0 Å². The standard InChI is InChI=1S/C13H27N3/c1-11(2)12(8-14)9-15-6-7-16-5-3-4-13(16)10-15/h11-13H,3-10,14H2,1-2H3. The Balaban J connectivity index is 1.82. The molecule has 2 heterocycles. The van der Waals surface area contributed by atoms with E-state index < -0.39 is 0 Å². The summed E-state index contributed by atoms with van der Waals surface area (Å²) in [5.74, 6) is 1.39. The molecule has 0 saturated carbocycles. The van der Waals surface area contributed by atoms with Crippen molar-refractivity contribution in [1.82, 2.24) is 9.80 Å². The predicted molar refractivity (Wildman–Crippen MR) is 68.4 cm³/mol. The molecule has 0 aromatic carbocycles. The fraction of sp³-hybridized carbons (Fsp3) is 1.00. The van der Waals surface area contributed by atoms with Gasteiger partial charge in [0.1, 0.15) is 0 Å². The number of nitrogens with zero attached hydrogens (tertiary/aromatic N) is 2. The Morgan fingerprint density at radius 3 is 2.75 bits per heavy atom. The number of rotatable bonds is 4. The van der Waals surface area contributed by atoms with Gasteiger partial charge in [-0.1, -0.05) is 13.8 Å². The minimum absolute atomic E-state index is 0.674. The molecule has 0 aromatic heterocycles. The lowest BCUT2D eigenvalue weighted by Gasteiger charge is -2.39. The molecule has 94 valence electrons. The highest BCUT2D eigenvalue weighted by Gasteiger charge is 2.31. The van der Waals surface area contributed by atoms with Crippen molar-refractivity contribution in [3.8, 4) is 0 Å². The maximum atomic E-state index is 5.86. The van der Waals surface area contributed by atoms with Gasteiger partial charge in [-0.3, -0.25) is 4.90 Å². The molecule has 2 aliphatic heterocycles. The minimum Gasteiger partial charge on any atom is -0.330 e. The predicted octanol–water partition coefficient (Wildman–Crippen LogP) is 0.997. The largest absolute Gasteiger partial charge is 0.330 e. The van der Waals surface area contributed by atoms with Gasteiger partial charge in [-0.15, -0.1) is 0 Å². The lowest BCUT2D eigenvalue weighted by atomic mass is 9.95. The van der Waals surface area contributed by atoms with Crippen molar-refractivity contribution < 1.29 is 0 Å². The van der Waals surface area contributed by atoms with Gasteiger partial charge in [0.15, 0.2) is 0 Å². The van der Waals surface area contributed by atoms with Crippen LogP contribution in [0.2, 0.25) is 0 Å². The van der Waals surface area contributed by atoms with Gasteiger partial charge >= 0.3 is 0 Å². The van der Waals surface area contributed by atoms with Crippen molar-refractivity contribution >= 4 is 0 Å².